The Morgan fingerprint density at radius 1 is 1.50 bits per heavy atom. The van der Waals surface area contributed by atoms with Gasteiger partial charge in [0.25, 0.3) is 0 Å². The number of benzene rings is 1. The van der Waals surface area contributed by atoms with E-state index in [4.69, 9.17) is 10.5 Å². The topological polar surface area (TPSA) is 35.2 Å². The summed E-state index contributed by atoms with van der Waals surface area (Å²) in [6.07, 6.45) is 0. The third-order valence-electron chi connectivity index (χ3n) is 1.98. The number of halogens is 1. The van der Waals surface area contributed by atoms with Crippen LogP contribution in [-0.2, 0) is 0 Å². The van der Waals surface area contributed by atoms with Crippen LogP contribution in [0.1, 0.15) is 6.92 Å². The highest BCUT2D eigenvalue weighted by molar-refractivity contribution is 9.10. The van der Waals surface area contributed by atoms with Crippen molar-refractivity contribution >= 4 is 43.0 Å². The lowest BCUT2D eigenvalue weighted by atomic mass is 10.2. The van der Waals surface area contributed by atoms with E-state index < -0.39 is 0 Å². The average molecular weight is 272 g/mol. The van der Waals surface area contributed by atoms with Crippen LogP contribution in [0, 0.1) is 0 Å². The third-order valence-corrected chi connectivity index (χ3v) is 4.08. The predicted molar refractivity (Wildman–Crippen MR) is 65.1 cm³/mol. The number of hydrogen-bond acceptors (Lipinski definition) is 3. The second-order valence-corrected chi connectivity index (χ2v) is 4.55. The van der Waals surface area contributed by atoms with Gasteiger partial charge in [-0.15, -0.1) is 11.3 Å². The molecule has 0 spiro atoms. The first kappa shape index (κ1) is 9.80. The SMILES string of the molecule is CCOc1csc2c(Br)c(N)ccc12. The Labute approximate surface area is 94.8 Å². The lowest BCUT2D eigenvalue weighted by Crippen LogP contribution is -1.90. The molecule has 0 amide bonds. The number of anilines is 1. The first-order valence-corrected chi connectivity index (χ1v) is 5.99. The van der Waals surface area contributed by atoms with Gasteiger partial charge in [0, 0.05) is 16.5 Å². The fraction of sp³-hybridized carbons (Fsp3) is 0.200. The van der Waals surface area contributed by atoms with E-state index in [1.165, 1.54) is 0 Å². The van der Waals surface area contributed by atoms with Crippen molar-refractivity contribution in [3.05, 3.63) is 22.0 Å². The third kappa shape index (κ3) is 1.48. The Kier molecular flexibility index (Phi) is 2.65. The van der Waals surface area contributed by atoms with Gasteiger partial charge in [0.1, 0.15) is 5.75 Å². The van der Waals surface area contributed by atoms with Gasteiger partial charge in [-0.25, -0.2) is 0 Å². The van der Waals surface area contributed by atoms with Gasteiger partial charge < -0.3 is 10.5 Å². The highest BCUT2D eigenvalue weighted by atomic mass is 79.9. The van der Waals surface area contributed by atoms with Crippen molar-refractivity contribution in [3.63, 3.8) is 0 Å². The van der Waals surface area contributed by atoms with E-state index >= 15 is 0 Å². The number of thiophene rings is 1. The van der Waals surface area contributed by atoms with Crippen molar-refractivity contribution < 1.29 is 4.74 Å². The van der Waals surface area contributed by atoms with E-state index in [9.17, 15) is 0 Å². The predicted octanol–water partition coefficient (Wildman–Crippen LogP) is 3.64. The summed E-state index contributed by atoms with van der Waals surface area (Å²) < 4.78 is 7.61. The molecule has 2 nitrogen and oxygen atoms in total. The van der Waals surface area contributed by atoms with Crippen molar-refractivity contribution in [2.45, 2.75) is 6.92 Å². The minimum Gasteiger partial charge on any atom is -0.492 e. The maximum Gasteiger partial charge on any atom is 0.137 e. The van der Waals surface area contributed by atoms with Crippen LogP contribution in [0.4, 0.5) is 5.69 Å². The molecule has 0 saturated heterocycles. The molecule has 14 heavy (non-hydrogen) atoms. The largest absolute Gasteiger partial charge is 0.492 e. The Balaban J connectivity index is 2.64. The lowest BCUT2D eigenvalue weighted by molar-refractivity contribution is 0.345. The molecule has 0 atom stereocenters. The summed E-state index contributed by atoms with van der Waals surface area (Å²) in [6.45, 7) is 2.67. The zero-order valence-corrected chi connectivity index (χ0v) is 10.1. The normalized spacial score (nSPS) is 10.7. The van der Waals surface area contributed by atoms with E-state index in [1.54, 1.807) is 11.3 Å². The Hall–Kier alpha value is -0.740. The Morgan fingerprint density at radius 3 is 3.00 bits per heavy atom. The molecule has 0 saturated carbocycles. The first-order valence-electron chi connectivity index (χ1n) is 4.32. The molecule has 0 aliphatic heterocycles. The summed E-state index contributed by atoms with van der Waals surface area (Å²) >= 11 is 5.12. The van der Waals surface area contributed by atoms with Gasteiger partial charge >= 0.3 is 0 Å². The zero-order chi connectivity index (χ0) is 10.1. The molecule has 1 aromatic heterocycles. The highest BCUT2D eigenvalue weighted by Crippen LogP contribution is 2.39. The molecular formula is C10H10BrNOS. The van der Waals surface area contributed by atoms with Crippen LogP contribution in [0.5, 0.6) is 5.75 Å². The van der Waals surface area contributed by atoms with Gasteiger partial charge in [0.15, 0.2) is 0 Å². The summed E-state index contributed by atoms with van der Waals surface area (Å²) in [5.41, 5.74) is 6.55. The highest BCUT2D eigenvalue weighted by Gasteiger charge is 2.09. The molecule has 0 aliphatic rings. The van der Waals surface area contributed by atoms with E-state index in [2.05, 4.69) is 15.9 Å². The van der Waals surface area contributed by atoms with E-state index in [0.717, 1.165) is 26.0 Å². The quantitative estimate of drug-likeness (QED) is 0.847. The van der Waals surface area contributed by atoms with Crippen LogP contribution in [0.3, 0.4) is 0 Å². The van der Waals surface area contributed by atoms with Crippen molar-refractivity contribution in [2.24, 2.45) is 0 Å². The van der Waals surface area contributed by atoms with Gasteiger partial charge in [0.05, 0.1) is 15.8 Å². The zero-order valence-electron chi connectivity index (χ0n) is 7.71. The molecule has 0 unspecified atom stereocenters. The van der Waals surface area contributed by atoms with Crippen LogP contribution in [0.2, 0.25) is 0 Å². The summed E-state index contributed by atoms with van der Waals surface area (Å²) in [4.78, 5) is 0. The van der Waals surface area contributed by atoms with E-state index in [-0.39, 0.29) is 0 Å². The summed E-state index contributed by atoms with van der Waals surface area (Å²) in [5, 5.41) is 3.14. The molecule has 0 bridgehead atoms. The first-order chi connectivity index (χ1) is 6.74. The number of nitrogens with two attached hydrogens (primary N) is 1. The molecule has 74 valence electrons. The minimum atomic E-state index is 0.688. The molecule has 2 rings (SSSR count). The average Bonchev–Trinajstić information content (AvgIpc) is 2.57. The van der Waals surface area contributed by atoms with Gasteiger partial charge in [-0.05, 0) is 35.0 Å². The van der Waals surface area contributed by atoms with Crippen molar-refractivity contribution in [1.29, 1.82) is 0 Å². The second kappa shape index (κ2) is 3.79. The molecule has 2 aromatic rings. The van der Waals surface area contributed by atoms with Crippen LogP contribution in [0.25, 0.3) is 10.1 Å². The van der Waals surface area contributed by atoms with Crippen molar-refractivity contribution in [2.75, 3.05) is 12.3 Å². The number of rotatable bonds is 2. The van der Waals surface area contributed by atoms with Gasteiger partial charge in [0.2, 0.25) is 0 Å². The molecule has 1 heterocycles. The van der Waals surface area contributed by atoms with Crippen molar-refractivity contribution in [3.8, 4) is 5.75 Å². The number of nitrogen functional groups attached to an aromatic ring is 1. The molecule has 2 N–H and O–H groups in total. The fourth-order valence-corrected chi connectivity index (χ4v) is 2.89. The molecule has 0 fully saturated rings. The summed E-state index contributed by atoms with van der Waals surface area (Å²) in [6, 6.07) is 3.89. The lowest BCUT2D eigenvalue weighted by Gasteiger charge is -2.02. The van der Waals surface area contributed by atoms with Crippen LogP contribution in [0.15, 0.2) is 22.0 Å². The maximum absolute atomic E-state index is 5.79. The fourth-order valence-electron chi connectivity index (χ4n) is 1.32. The molecular weight excluding hydrogens is 262 g/mol. The van der Waals surface area contributed by atoms with Crippen molar-refractivity contribution in [1.82, 2.24) is 0 Å². The summed E-state index contributed by atoms with van der Waals surface area (Å²) in [7, 11) is 0. The van der Waals surface area contributed by atoms with Crippen LogP contribution < -0.4 is 10.5 Å². The minimum absolute atomic E-state index is 0.688. The standard InChI is InChI=1S/C10H10BrNOS/c1-2-13-8-5-14-10-6(8)3-4-7(12)9(10)11/h3-5H,2,12H2,1H3. The molecule has 0 radical (unpaired) electrons. The maximum atomic E-state index is 5.79. The number of ether oxygens (including phenoxy) is 1. The van der Waals surface area contributed by atoms with Gasteiger partial charge in [-0.1, -0.05) is 0 Å². The molecule has 0 aliphatic carbocycles. The molecule has 1 aromatic carbocycles. The van der Waals surface area contributed by atoms with Crippen LogP contribution >= 0.6 is 27.3 Å². The van der Waals surface area contributed by atoms with E-state index in [1.807, 2.05) is 24.4 Å². The van der Waals surface area contributed by atoms with Gasteiger partial charge in [-0.3, -0.25) is 0 Å². The Bertz CT molecular complexity index is 466. The van der Waals surface area contributed by atoms with Crippen LogP contribution in [-0.4, -0.2) is 6.61 Å². The molecule has 4 heteroatoms. The Morgan fingerprint density at radius 2 is 2.29 bits per heavy atom. The smallest absolute Gasteiger partial charge is 0.137 e. The monoisotopic (exact) mass is 271 g/mol. The number of fused-ring (bicyclic) bond motifs is 1. The second-order valence-electron chi connectivity index (χ2n) is 2.88. The number of hydrogen-bond donors (Lipinski definition) is 1. The summed E-state index contributed by atoms with van der Waals surface area (Å²) in [5.74, 6) is 0.938. The van der Waals surface area contributed by atoms with Gasteiger partial charge in [-0.2, -0.15) is 0 Å². The van der Waals surface area contributed by atoms with E-state index in [0.29, 0.717) is 6.61 Å².